The quantitative estimate of drug-likeness (QED) is 0.840. The molecule has 1 aromatic heterocycles. The first-order chi connectivity index (χ1) is 8.72. The third kappa shape index (κ3) is 3.14. The summed E-state index contributed by atoms with van der Waals surface area (Å²) in [6.07, 6.45) is 8.29. The normalized spacial score (nSPS) is 16.9. The lowest BCUT2D eigenvalue weighted by molar-refractivity contribution is 0.351. The highest BCUT2D eigenvalue weighted by molar-refractivity contribution is 5.16. The maximum absolute atomic E-state index is 4.58. The van der Waals surface area contributed by atoms with Crippen molar-refractivity contribution in [3.63, 3.8) is 0 Å². The molecule has 1 unspecified atom stereocenters. The van der Waals surface area contributed by atoms with E-state index in [1.807, 2.05) is 0 Å². The van der Waals surface area contributed by atoms with Gasteiger partial charge in [0, 0.05) is 18.3 Å². The number of nitrogens with one attached hydrogen (secondary N) is 1. The molecule has 0 bridgehead atoms. The fourth-order valence-corrected chi connectivity index (χ4v) is 2.74. The second kappa shape index (κ2) is 6.37. The third-order valence-electron chi connectivity index (χ3n) is 3.96. The Kier molecular flexibility index (Phi) is 4.81. The van der Waals surface area contributed by atoms with E-state index >= 15 is 0 Å². The minimum atomic E-state index is 0.560. The molecule has 0 aromatic carbocycles. The highest BCUT2D eigenvalue weighted by Gasteiger charge is 2.19. The van der Waals surface area contributed by atoms with Gasteiger partial charge in [0.15, 0.2) is 0 Å². The van der Waals surface area contributed by atoms with Gasteiger partial charge in [0.25, 0.3) is 0 Å². The lowest BCUT2D eigenvalue weighted by atomic mass is 10.00. The predicted molar refractivity (Wildman–Crippen MR) is 75.8 cm³/mol. The molecule has 0 spiro atoms. The summed E-state index contributed by atoms with van der Waals surface area (Å²) in [6.45, 7) is 9.01. The first kappa shape index (κ1) is 13.6. The van der Waals surface area contributed by atoms with Gasteiger partial charge in [-0.3, -0.25) is 0 Å². The Hall–Kier alpha value is -0.830. The molecule has 0 fully saturated rings. The Morgan fingerprint density at radius 3 is 2.83 bits per heavy atom. The third-order valence-corrected chi connectivity index (χ3v) is 3.96. The summed E-state index contributed by atoms with van der Waals surface area (Å²) in [7, 11) is 0. The van der Waals surface area contributed by atoms with Crippen LogP contribution in [-0.2, 0) is 19.4 Å². The monoisotopic (exact) mass is 249 g/mol. The largest absolute Gasteiger partial charge is 0.333 e. The van der Waals surface area contributed by atoms with Crippen LogP contribution in [0.15, 0.2) is 6.33 Å². The van der Waals surface area contributed by atoms with Crippen molar-refractivity contribution in [1.82, 2.24) is 14.9 Å². The number of fused-ring (bicyclic) bond motifs is 1. The molecule has 0 amide bonds. The summed E-state index contributed by atoms with van der Waals surface area (Å²) in [6, 6.07) is 0.560. The number of aryl methyl sites for hydroxylation is 1. The maximum Gasteiger partial charge on any atom is 0.0952 e. The van der Waals surface area contributed by atoms with Crippen LogP contribution in [0.4, 0.5) is 0 Å². The zero-order valence-electron chi connectivity index (χ0n) is 12.1. The SMILES string of the molecule is CCCNC(Cn1cnc2c1CCCC2)C(C)C. The van der Waals surface area contributed by atoms with E-state index in [4.69, 9.17) is 0 Å². The highest BCUT2D eigenvalue weighted by Crippen LogP contribution is 2.20. The van der Waals surface area contributed by atoms with Crippen molar-refractivity contribution in [2.45, 2.75) is 65.5 Å². The van der Waals surface area contributed by atoms with Crippen molar-refractivity contribution in [3.05, 3.63) is 17.7 Å². The fraction of sp³-hybridized carbons (Fsp3) is 0.800. The van der Waals surface area contributed by atoms with Crippen molar-refractivity contribution in [1.29, 1.82) is 0 Å². The predicted octanol–water partition coefficient (Wildman–Crippen LogP) is 2.79. The summed E-state index contributed by atoms with van der Waals surface area (Å²) in [5, 5.41) is 3.67. The number of aromatic nitrogens is 2. The molecule has 1 heterocycles. The summed E-state index contributed by atoms with van der Waals surface area (Å²) >= 11 is 0. The van der Waals surface area contributed by atoms with Crippen molar-refractivity contribution in [2.24, 2.45) is 5.92 Å². The van der Waals surface area contributed by atoms with E-state index < -0.39 is 0 Å². The number of hydrogen-bond donors (Lipinski definition) is 1. The van der Waals surface area contributed by atoms with Crippen molar-refractivity contribution >= 4 is 0 Å². The van der Waals surface area contributed by atoms with Gasteiger partial charge in [-0.25, -0.2) is 4.98 Å². The smallest absolute Gasteiger partial charge is 0.0952 e. The number of rotatable bonds is 6. The van der Waals surface area contributed by atoms with Crippen molar-refractivity contribution in [3.8, 4) is 0 Å². The Morgan fingerprint density at radius 2 is 2.11 bits per heavy atom. The van der Waals surface area contributed by atoms with Crippen molar-refractivity contribution < 1.29 is 0 Å². The van der Waals surface area contributed by atoms with Gasteiger partial charge in [0.2, 0.25) is 0 Å². The van der Waals surface area contributed by atoms with Crippen LogP contribution in [0, 0.1) is 5.92 Å². The number of hydrogen-bond acceptors (Lipinski definition) is 2. The van der Waals surface area contributed by atoms with Gasteiger partial charge in [-0.05, 0) is 44.6 Å². The summed E-state index contributed by atoms with van der Waals surface area (Å²) < 4.78 is 2.39. The first-order valence-corrected chi connectivity index (χ1v) is 7.48. The maximum atomic E-state index is 4.58. The Balaban J connectivity index is 2.04. The minimum Gasteiger partial charge on any atom is -0.333 e. The molecule has 0 aliphatic heterocycles. The zero-order chi connectivity index (χ0) is 13.0. The van der Waals surface area contributed by atoms with Crippen LogP contribution in [0.5, 0.6) is 0 Å². The Labute approximate surface area is 111 Å². The van der Waals surface area contributed by atoms with E-state index in [0.29, 0.717) is 12.0 Å². The van der Waals surface area contributed by atoms with Gasteiger partial charge in [0.05, 0.1) is 12.0 Å². The van der Waals surface area contributed by atoms with Crippen LogP contribution in [0.25, 0.3) is 0 Å². The average molecular weight is 249 g/mol. The van der Waals surface area contributed by atoms with E-state index in [2.05, 4.69) is 42.0 Å². The molecule has 0 radical (unpaired) electrons. The lowest BCUT2D eigenvalue weighted by Crippen LogP contribution is -2.38. The van der Waals surface area contributed by atoms with E-state index in [0.717, 1.165) is 13.1 Å². The molecule has 1 aromatic rings. The van der Waals surface area contributed by atoms with E-state index in [1.165, 1.54) is 43.5 Å². The van der Waals surface area contributed by atoms with Gasteiger partial charge >= 0.3 is 0 Å². The van der Waals surface area contributed by atoms with E-state index in [-0.39, 0.29) is 0 Å². The summed E-state index contributed by atoms with van der Waals surface area (Å²) in [4.78, 5) is 4.58. The molecular formula is C15H27N3. The molecular weight excluding hydrogens is 222 g/mol. The van der Waals surface area contributed by atoms with Crippen molar-refractivity contribution in [2.75, 3.05) is 6.54 Å². The van der Waals surface area contributed by atoms with Gasteiger partial charge < -0.3 is 9.88 Å². The average Bonchev–Trinajstić information content (AvgIpc) is 2.77. The highest BCUT2D eigenvalue weighted by atomic mass is 15.1. The van der Waals surface area contributed by atoms with Crippen LogP contribution in [-0.4, -0.2) is 22.1 Å². The van der Waals surface area contributed by atoms with Crippen LogP contribution in [0.1, 0.15) is 51.4 Å². The molecule has 1 atom stereocenters. The Bertz CT molecular complexity index is 368. The van der Waals surface area contributed by atoms with Crippen LogP contribution < -0.4 is 5.32 Å². The Morgan fingerprint density at radius 1 is 1.33 bits per heavy atom. The standard InChI is InChI=1S/C15H27N3/c1-4-9-16-14(12(2)3)10-18-11-17-13-7-5-6-8-15(13)18/h11-12,14,16H,4-10H2,1-3H3. The summed E-state index contributed by atoms with van der Waals surface area (Å²) in [5.41, 5.74) is 2.84. The molecule has 102 valence electrons. The van der Waals surface area contributed by atoms with E-state index in [9.17, 15) is 0 Å². The molecule has 1 aliphatic rings. The van der Waals surface area contributed by atoms with Crippen LogP contribution in [0.2, 0.25) is 0 Å². The lowest BCUT2D eigenvalue weighted by Gasteiger charge is -2.24. The molecule has 1 aliphatic carbocycles. The topological polar surface area (TPSA) is 29.9 Å². The summed E-state index contributed by atoms with van der Waals surface area (Å²) in [5.74, 6) is 0.665. The molecule has 3 nitrogen and oxygen atoms in total. The number of imidazole rings is 1. The zero-order valence-corrected chi connectivity index (χ0v) is 12.1. The van der Waals surface area contributed by atoms with Gasteiger partial charge in [-0.1, -0.05) is 20.8 Å². The van der Waals surface area contributed by atoms with E-state index in [1.54, 1.807) is 0 Å². The second-order valence-corrected chi connectivity index (χ2v) is 5.80. The van der Waals surface area contributed by atoms with Crippen LogP contribution in [0.3, 0.4) is 0 Å². The second-order valence-electron chi connectivity index (χ2n) is 5.80. The molecule has 2 rings (SSSR count). The number of nitrogens with zero attached hydrogens (tertiary/aromatic N) is 2. The van der Waals surface area contributed by atoms with Gasteiger partial charge in [-0.15, -0.1) is 0 Å². The van der Waals surface area contributed by atoms with Crippen LogP contribution >= 0.6 is 0 Å². The molecule has 3 heteroatoms. The molecule has 1 N–H and O–H groups in total. The molecule has 0 saturated carbocycles. The first-order valence-electron chi connectivity index (χ1n) is 7.48. The fourth-order valence-electron chi connectivity index (χ4n) is 2.74. The van der Waals surface area contributed by atoms with Gasteiger partial charge in [0.1, 0.15) is 0 Å². The van der Waals surface area contributed by atoms with Gasteiger partial charge in [-0.2, -0.15) is 0 Å². The molecule has 18 heavy (non-hydrogen) atoms. The minimum absolute atomic E-state index is 0.560. The molecule has 0 saturated heterocycles.